The van der Waals surface area contributed by atoms with E-state index < -0.39 is 0 Å². The Hall–Kier alpha value is -0.760. The van der Waals surface area contributed by atoms with Crippen molar-refractivity contribution in [2.75, 3.05) is 6.61 Å². The molecule has 64 valence electrons. The van der Waals surface area contributed by atoms with Crippen LogP contribution in [-0.2, 0) is 0 Å². The molecule has 0 bridgehead atoms. The molecule has 2 rings (SSSR count). The van der Waals surface area contributed by atoms with Crippen LogP contribution in [0.2, 0.25) is 0 Å². The minimum absolute atomic E-state index is 0.241. The Morgan fingerprint density at radius 2 is 2.33 bits per heavy atom. The molecule has 1 nitrogen and oxygen atoms in total. The van der Waals surface area contributed by atoms with E-state index in [9.17, 15) is 4.39 Å². The highest BCUT2D eigenvalue weighted by molar-refractivity contribution is 6.21. The zero-order chi connectivity index (χ0) is 8.55. The molecule has 0 radical (unpaired) electrons. The lowest BCUT2D eigenvalue weighted by molar-refractivity contribution is 0.280. The molecule has 0 amide bonds. The van der Waals surface area contributed by atoms with Crippen LogP contribution in [0.15, 0.2) is 18.2 Å². The molecule has 1 aliphatic heterocycles. The summed E-state index contributed by atoms with van der Waals surface area (Å²) in [6, 6.07) is 4.78. The number of hydrogen-bond acceptors (Lipinski definition) is 1. The van der Waals surface area contributed by atoms with Crippen LogP contribution in [-0.4, -0.2) is 6.61 Å². The quantitative estimate of drug-likeness (QED) is 0.566. The van der Waals surface area contributed by atoms with Gasteiger partial charge in [0.25, 0.3) is 0 Å². The fourth-order valence-corrected chi connectivity index (χ4v) is 1.66. The van der Waals surface area contributed by atoms with Crippen molar-refractivity contribution in [2.24, 2.45) is 0 Å². The van der Waals surface area contributed by atoms with Gasteiger partial charge in [0.15, 0.2) is 0 Å². The molecule has 0 saturated carbocycles. The van der Waals surface area contributed by atoms with Crippen molar-refractivity contribution < 1.29 is 9.13 Å². The zero-order valence-electron chi connectivity index (χ0n) is 6.39. The van der Waals surface area contributed by atoms with Gasteiger partial charge in [-0.2, -0.15) is 0 Å². The van der Waals surface area contributed by atoms with Gasteiger partial charge < -0.3 is 4.74 Å². The third-order valence-electron chi connectivity index (χ3n) is 1.96. The van der Waals surface area contributed by atoms with Gasteiger partial charge in [-0.15, -0.1) is 11.6 Å². The molecule has 1 aromatic carbocycles. The van der Waals surface area contributed by atoms with Crippen molar-refractivity contribution in [1.29, 1.82) is 0 Å². The van der Waals surface area contributed by atoms with Gasteiger partial charge in [-0.1, -0.05) is 6.07 Å². The maximum absolute atomic E-state index is 13.2. The van der Waals surface area contributed by atoms with E-state index >= 15 is 0 Å². The first kappa shape index (κ1) is 7.87. The molecule has 3 heteroatoms. The summed E-state index contributed by atoms with van der Waals surface area (Å²) in [6.07, 6.45) is 0.676. The van der Waals surface area contributed by atoms with Crippen LogP contribution in [0.5, 0.6) is 5.75 Å². The Morgan fingerprint density at radius 3 is 3.08 bits per heavy atom. The van der Waals surface area contributed by atoms with E-state index in [4.69, 9.17) is 16.3 Å². The molecule has 1 aliphatic rings. The Morgan fingerprint density at radius 1 is 1.50 bits per heavy atom. The Bertz CT molecular complexity index is 301. The predicted octanol–water partition coefficient (Wildman–Crippen LogP) is 2.89. The first-order valence-electron chi connectivity index (χ1n) is 3.84. The largest absolute Gasteiger partial charge is 0.493 e. The van der Waals surface area contributed by atoms with Crippen LogP contribution >= 0.6 is 11.6 Å². The maximum atomic E-state index is 13.2. The summed E-state index contributed by atoms with van der Waals surface area (Å²) in [7, 11) is 0. The Kier molecular flexibility index (Phi) is 1.93. The molecule has 1 heterocycles. The lowest BCUT2D eigenvalue weighted by Crippen LogP contribution is -2.11. The minimum atomic E-state index is -0.271. The summed E-state index contributed by atoms with van der Waals surface area (Å²) in [5.41, 5.74) is 0.505. The summed E-state index contributed by atoms with van der Waals surface area (Å²) < 4.78 is 18.4. The second kappa shape index (κ2) is 2.94. The van der Waals surface area contributed by atoms with Gasteiger partial charge in [0.05, 0.1) is 12.0 Å². The van der Waals surface area contributed by atoms with Crippen molar-refractivity contribution in [2.45, 2.75) is 11.8 Å². The molecule has 0 spiro atoms. The molecule has 0 saturated heterocycles. The summed E-state index contributed by atoms with van der Waals surface area (Å²) in [6.45, 7) is 0.574. The van der Waals surface area contributed by atoms with Crippen molar-refractivity contribution in [3.63, 3.8) is 0 Å². The van der Waals surface area contributed by atoms with Gasteiger partial charge in [-0.05, 0) is 12.1 Å². The van der Waals surface area contributed by atoms with Crippen LogP contribution < -0.4 is 4.74 Å². The molecule has 0 N–H and O–H groups in total. The van der Waals surface area contributed by atoms with Crippen molar-refractivity contribution in [1.82, 2.24) is 0 Å². The van der Waals surface area contributed by atoms with Crippen LogP contribution in [0.25, 0.3) is 0 Å². The van der Waals surface area contributed by atoms with Gasteiger partial charge in [-0.25, -0.2) is 4.39 Å². The first-order valence-corrected chi connectivity index (χ1v) is 4.28. The smallest absolute Gasteiger partial charge is 0.131 e. The summed E-state index contributed by atoms with van der Waals surface area (Å²) in [5, 5.41) is -0.241. The second-order valence-electron chi connectivity index (χ2n) is 2.76. The minimum Gasteiger partial charge on any atom is -0.493 e. The maximum Gasteiger partial charge on any atom is 0.131 e. The van der Waals surface area contributed by atoms with Crippen LogP contribution in [0, 0.1) is 5.82 Å². The van der Waals surface area contributed by atoms with Crippen molar-refractivity contribution in [3.8, 4) is 5.75 Å². The SMILES string of the molecule is Fc1cccc2c1C(Cl)CCO2. The second-order valence-corrected chi connectivity index (χ2v) is 3.28. The summed E-state index contributed by atoms with van der Waals surface area (Å²) >= 11 is 5.93. The lowest BCUT2D eigenvalue weighted by atomic mass is 10.1. The van der Waals surface area contributed by atoms with E-state index in [0.29, 0.717) is 24.3 Å². The van der Waals surface area contributed by atoms with Gasteiger partial charge in [-0.3, -0.25) is 0 Å². The van der Waals surface area contributed by atoms with E-state index in [2.05, 4.69) is 0 Å². The topological polar surface area (TPSA) is 9.23 Å². The highest BCUT2D eigenvalue weighted by atomic mass is 35.5. The zero-order valence-corrected chi connectivity index (χ0v) is 7.14. The molecule has 0 aromatic heterocycles. The number of benzene rings is 1. The van der Waals surface area contributed by atoms with Gasteiger partial charge in [0, 0.05) is 12.0 Å². The van der Waals surface area contributed by atoms with Crippen molar-refractivity contribution >= 4 is 11.6 Å². The Balaban J connectivity index is 2.53. The standard InChI is InChI=1S/C9H8ClFO/c10-6-4-5-12-8-3-1-2-7(11)9(6)8/h1-3,6H,4-5H2. The van der Waals surface area contributed by atoms with E-state index in [0.717, 1.165) is 0 Å². The number of rotatable bonds is 0. The average molecular weight is 187 g/mol. The third-order valence-corrected chi connectivity index (χ3v) is 2.39. The molecule has 0 aliphatic carbocycles. The summed E-state index contributed by atoms with van der Waals surface area (Å²) in [4.78, 5) is 0. The monoisotopic (exact) mass is 186 g/mol. The van der Waals surface area contributed by atoms with Gasteiger partial charge in [0.1, 0.15) is 11.6 Å². The number of halogens is 2. The van der Waals surface area contributed by atoms with Crippen molar-refractivity contribution in [3.05, 3.63) is 29.6 Å². The predicted molar refractivity (Wildman–Crippen MR) is 45.1 cm³/mol. The first-order chi connectivity index (χ1) is 5.79. The number of hydrogen-bond donors (Lipinski definition) is 0. The molecule has 0 fully saturated rings. The number of alkyl halides is 1. The molecular weight excluding hydrogens is 179 g/mol. The molecule has 12 heavy (non-hydrogen) atoms. The van der Waals surface area contributed by atoms with E-state index in [1.807, 2.05) is 0 Å². The van der Waals surface area contributed by atoms with E-state index in [-0.39, 0.29) is 11.2 Å². The Labute approximate surface area is 75.1 Å². The molecule has 1 aromatic rings. The van der Waals surface area contributed by atoms with Crippen LogP contribution in [0.4, 0.5) is 4.39 Å². The van der Waals surface area contributed by atoms with E-state index in [1.54, 1.807) is 12.1 Å². The molecule has 1 atom stereocenters. The normalized spacial score (nSPS) is 21.3. The number of ether oxygens (including phenoxy) is 1. The van der Waals surface area contributed by atoms with Gasteiger partial charge >= 0.3 is 0 Å². The lowest BCUT2D eigenvalue weighted by Gasteiger charge is -2.21. The highest BCUT2D eigenvalue weighted by Gasteiger charge is 2.22. The fourth-order valence-electron chi connectivity index (χ4n) is 1.36. The number of fused-ring (bicyclic) bond motifs is 1. The van der Waals surface area contributed by atoms with Crippen LogP contribution in [0.3, 0.4) is 0 Å². The molecule has 1 unspecified atom stereocenters. The summed E-state index contributed by atoms with van der Waals surface area (Å²) in [5.74, 6) is 0.313. The van der Waals surface area contributed by atoms with E-state index in [1.165, 1.54) is 6.07 Å². The van der Waals surface area contributed by atoms with Gasteiger partial charge in [0.2, 0.25) is 0 Å². The highest BCUT2D eigenvalue weighted by Crippen LogP contribution is 2.37. The average Bonchev–Trinajstić information content (AvgIpc) is 2.04. The molecular formula is C9H8ClFO. The third kappa shape index (κ3) is 1.16. The van der Waals surface area contributed by atoms with Crippen LogP contribution in [0.1, 0.15) is 17.4 Å². The fraction of sp³-hybridized carbons (Fsp3) is 0.333.